The van der Waals surface area contributed by atoms with E-state index in [1.165, 1.54) is 17.0 Å². The van der Waals surface area contributed by atoms with E-state index in [4.69, 9.17) is 16.3 Å². The molecule has 0 spiro atoms. The van der Waals surface area contributed by atoms with Crippen LogP contribution < -0.4 is 10.2 Å². The van der Waals surface area contributed by atoms with Crippen LogP contribution in [0.2, 0.25) is 5.02 Å². The molecule has 7 nitrogen and oxygen atoms in total. The highest BCUT2D eigenvalue weighted by atomic mass is 79.9. The van der Waals surface area contributed by atoms with E-state index in [2.05, 4.69) is 28.2 Å². The first-order chi connectivity index (χ1) is 16.2. The quantitative estimate of drug-likeness (QED) is 0.414. The highest BCUT2D eigenvalue weighted by Gasteiger charge is 2.50. The lowest BCUT2D eigenvalue weighted by atomic mass is 9.76. The number of carbonyl (C=O) groups is 4. The van der Waals surface area contributed by atoms with Crippen LogP contribution in [0.1, 0.15) is 42.1 Å². The number of esters is 1. The first kappa shape index (κ1) is 24.4. The fraction of sp³-hybridized carbons (Fsp3) is 0.360. The van der Waals surface area contributed by atoms with Gasteiger partial charge in [0.25, 0.3) is 5.91 Å². The van der Waals surface area contributed by atoms with Gasteiger partial charge in [0.15, 0.2) is 6.61 Å². The predicted octanol–water partition coefficient (Wildman–Crippen LogP) is 5.13. The number of benzene rings is 2. The maximum atomic E-state index is 13.0. The molecule has 1 saturated heterocycles. The second-order valence-corrected chi connectivity index (χ2v) is 10.1. The first-order valence-electron chi connectivity index (χ1n) is 11.1. The number of carbonyl (C=O) groups excluding carboxylic acids is 4. The maximum absolute atomic E-state index is 13.0. The molecule has 1 aliphatic heterocycles. The van der Waals surface area contributed by atoms with Gasteiger partial charge in [-0.05, 0) is 83.9 Å². The van der Waals surface area contributed by atoms with Crippen molar-refractivity contribution in [1.29, 1.82) is 0 Å². The van der Waals surface area contributed by atoms with Crippen molar-refractivity contribution in [3.63, 3.8) is 0 Å². The number of fused-ring (bicyclic) bond motifs is 1. The van der Waals surface area contributed by atoms with Gasteiger partial charge in [-0.15, -0.1) is 0 Å². The van der Waals surface area contributed by atoms with Gasteiger partial charge in [-0.25, -0.2) is 4.79 Å². The predicted molar refractivity (Wildman–Crippen MR) is 132 cm³/mol. The van der Waals surface area contributed by atoms with E-state index < -0.39 is 18.5 Å². The molecule has 1 aliphatic carbocycles. The molecular weight excluding hydrogens is 524 g/mol. The minimum atomic E-state index is -0.729. The summed E-state index contributed by atoms with van der Waals surface area (Å²) in [6.07, 6.45) is 2.33. The van der Waals surface area contributed by atoms with Crippen LogP contribution in [0.5, 0.6) is 0 Å². The Hall–Kier alpha value is -2.71. The Morgan fingerprint density at radius 1 is 1.15 bits per heavy atom. The van der Waals surface area contributed by atoms with E-state index in [0.29, 0.717) is 45.2 Å². The molecule has 3 amide bonds. The number of hydrogen-bond acceptors (Lipinski definition) is 5. The van der Waals surface area contributed by atoms with Crippen molar-refractivity contribution in [3.05, 3.63) is 57.0 Å². The van der Waals surface area contributed by atoms with Crippen molar-refractivity contribution in [3.8, 4) is 0 Å². The molecular formula is C25H24BrClN2O5. The van der Waals surface area contributed by atoms with Gasteiger partial charge in [-0.3, -0.25) is 19.3 Å². The van der Waals surface area contributed by atoms with Crippen molar-refractivity contribution < 1.29 is 23.9 Å². The Kier molecular flexibility index (Phi) is 7.09. The van der Waals surface area contributed by atoms with E-state index in [0.717, 1.165) is 6.42 Å². The number of nitrogens with zero attached hydrogens (tertiary/aromatic N) is 1. The number of nitrogens with one attached hydrogen (secondary N) is 1. The molecule has 2 aliphatic rings. The Bertz CT molecular complexity index is 1180. The van der Waals surface area contributed by atoms with Crippen molar-refractivity contribution in [2.45, 2.75) is 33.1 Å². The van der Waals surface area contributed by atoms with Crippen LogP contribution in [-0.4, -0.2) is 30.3 Å². The average molecular weight is 548 g/mol. The molecule has 2 aromatic carbocycles. The largest absolute Gasteiger partial charge is 0.452 e. The summed E-state index contributed by atoms with van der Waals surface area (Å²) in [5, 5.41) is 3.14. The van der Waals surface area contributed by atoms with E-state index in [1.54, 1.807) is 31.2 Å². The standard InChI is InChI=1S/C25H24BrClN2O5/c1-13-6-7-17-18(10-13)24(32)29(23(17)31)16-5-3-4-15(11-16)25(33)34-12-21(30)28-20-9-8-19(26)22(27)14(20)2/h3-5,8-9,11,13,17-18H,6-7,10,12H2,1-2H3,(H,28,30)/t13-,17-,18+/m1/s1. The Morgan fingerprint density at radius 3 is 2.65 bits per heavy atom. The Labute approximate surface area is 210 Å². The molecule has 34 heavy (non-hydrogen) atoms. The van der Waals surface area contributed by atoms with Crippen LogP contribution in [0.25, 0.3) is 0 Å². The third-order valence-corrected chi connectivity index (χ3v) is 7.85. The first-order valence-corrected chi connectivity index (χ1v) is 12.2. The monoisotopic (exact) mass is 546 g/mol. The molecule has 0 bridgehead atoms. The third kappa shape index (κ3) is 4.74. The summed E-state index contributed by atoms with van der Waals surface area (Å²) in [7, 11) is 0. The van der Waals surface area contributed by atoms with Gasteiger partial charge in [0, 0.05) is 10.2 Å². The summed E-state index contributed by atoms with van der Waals surface area (Å²) < 4.78 is 5.86. The van der Waals surface area contributed by atoms with E-state index in [1.807, 2.05) is 0 Å². The molecule has 1 N–H and O–H groups in total. The average Bonchev–Trinajstić information content (AvgIpc) is 3.07. The Morgan fingerprint density at radius 2 is 1.88 bits per heavy atom. The summed E-state index contributed by atoms with van der Waals surface area (Å²) >= 11 is 9.49. The number of anilines is 2. The summed E-state index contributed by atoms with van der Waals surface area (Å²) in [4.78, 5) is 51.9. The summed E-state index contributed by atoms with van der Waals surface area (Å²) in [5.74, 6) is -1.86. The summed E-state index contributed by atoms with van der Waals surface area (Å²) in [6.45, 7) is 3.35. The lowest BCUT2D eigenvalue weighted by Gasteiger charge is -2.25. The molecule has 2 aromatic rings. The highest BCUT2D eigenvalue weighted by molar-refractivity contribution is 9.10. The van der Waals surface area contributed by atoms with Gasteiger partial charge in [0.1, 0.15) is 0 Å². The molecule has 2 fully saturated rings. The number of hydrogen-bond donors (Lipinski definition) is 1. The van der Waals surface area contributed by atoms with E-state index in [9.17, 15) is 19.2 Å². The van der Waals surface area contributed by atoms with Crippen LogP contribution >= 0.6 is 27.5 Å². The van der Waals surface area contributed by atoms with Gasteiger partial charge < -0.3 is 10.1 Å². The maximum Gasteiger partial charge on any atom is 0.338 e. The molecule has 9 heteroatoms. The zero-order valence-corrected chi connectivity index (χ0v) is 21.1. The molecule has 178 valence electrons. The molecule has 1 heterocycles. The lowest BCUT2D eigenvalue weighted by molar-refractivity contribution is -0.122. The van der Waals surface area contributed by atoms with Gasteiger partial charge in [0.2, 0.25) is 11.8 Å². The lowest BCUT2D eigenvalue weighted by Crippen LogP contribution is -2.31. The number of ether oxygens (including phenoxy) is 1. The third-order valence-electron chi connectivity index (χ3n) is 6.48. The van der Waals surface area contributed by atoms with Crippen molar-refractivity contribution in [2.24, 2.45) is 17.8 Å². The molecule has 0 unspecified atom stereocenters. The van der Waals surface area contributed by atoms with Crippen molar-refractivity contribution in [1.82, 2.24) is 0 Å². The zero-order chi connectivity index (χ0) is 24.6. The SMILES string of the molecule is Cc1c(NC(=O)COC(=O)c2cccc(N3C(=O)[C@H]4C[C@H](C)CC[C@H]4C3=O)c2)ccc(Br)c1Cl. The van der Waals surface area contributed by atoms with Crippen molar-refractivity contribution >= 4 is 62.6 Å². The van der Waals surface area contributed by atoms with Crippen LogP contribution in [-0.2, 0) is 19.1 Å². The molecule has 0 aromatic heterocycles. The molecule has 3 atom stereocenters. The van der Waals surface area contributed by atoms with Crippen LogP contribution in [0.15, 0.2) is 40.9 Å². The minimum Gasteiger partial charge on any atom is -0.452 e. The number of amides is 3. The number of imide groups is 1. The van der Waals surface area contributed by atoms with Gasteiger partial charge in [-0.2, -0.15) is 0 Å². The van der Waals surface area contributed by atoms with E-state index >= 15 is 0 Å². The number of halogens is 2. The summed E-state index contributed by atoms with van der Waals surface area (Å²) in [5.41, 5.74) is 1.68. The minimum absolute atomic E-state index is 0.150. The molecule has 4 rings (SSSR count). The topological polar surface area (TPSA) is 92.8 Å². The van der Waals surface area contributed by atoms with Gasteiger partial charge >= 0.3 is 5.97 Å². The zero-order valence-electron chi connectivity index (χ0n) is 18.8. The van der Waals surface area contributed by atoms with Crippen LogP contribution in [0, 0.1) is 24.7 Å². The number of rotatable bonds is 5. The Balaban J connectivity index is 1.41. The smallest absolute Gasteiger partial charge is 0.338 e. The van der Waals surface area contributed by atoms with Gasteiger partial charge in [0.05, 0.1) is 28.1 Å². The normalized spacial score (nSPS) is 21.9. The second kappa shape index (κ2) is 9.88. The summed E-state index contributed by atoms with van der Waals surface area (Å²) in [6, 6.07) is 9.58. The fourth-order valence-electron chi connectivity index (χ4n) is 4.60. The van der Waals surface area contributed by atoms with Crippen LogP contribution in [0.4, 0.5) is 11.4 Å². The molecule has 1 saturated carbocycles. The van der Waals surface area contributed by atoms with Gasteiger partial charge in [-0.1, -0.05) is 24.6 Å². The van der Waals surface area contributed by atoms with Crippen molar-refractivity contribution in [2.75, 3.05) is 16.8 Å². The fourth-order valence-corrected chi connectivity index (χ4v) is 5.20. The highest BCUT2D eigenvalue weighted by Crippen LogP contribution is 2.42. The second-order valence-electron chi connectivity index (χ2n) is 8.85. The van der Waals surface area contributed by atoms with Crippen LogP contribution in [0.3, 0.4) is 0 Å². The molecule has 0 radical (unpaired) electrons. The van der Waals surface area contributed by atoms with E-state index in [-0.39, 0.29) is 29.2 Å².